The second kappa shape index (κ2) is 5.29. The van der Waals surface area contributed by atoms with Crippen molar-refractivity contribution in [3.63, 3.8) is 0 Å². The van der Waals surface area contributed by atoms with Gasteiger partial charge in [-0.25, -0.2) is 8.42 Å². The molecule has 1 aliphatic heterocycles. The second-order valence-corrected chi connectivity index (χ2v) is 8.68. The van der Waals surface area contributed by atoms with Gasteiger partial charge in [-0.15, -0.1) is 0 Å². The minimum absolute atomic E-state index is 0.0573. The number of nitrogens with one attached hydrogen (secondary N) is 1. The first-order valence-electron chi connectivity index (χ1n) is 7.19. The van der Waals surface area contributed by atoms with E-state index >= 15 is 0 Å². The van der Waals surface area contributed by atoms with E-state index in [1.165, 1.54) is 0 Å². The fraction of sp³-hybridized carbons (Fsp3) is 0.533. The normalized spacial score (nSPS) is 26.0. The molecule has 4 nitrogen and oxygen atoms in total. The Labute approximate surface area is 129 Å². The Balaban J connectivity index is 1.78. The van der Waals surface area contributed by atoms with Crippen molar-refractivity contribution in [2.45, 2.75) is 37.1 Å². The largest absolute Gasteiger partial charge is 0.352 e. The van der Waals surface area contributed by atoms with Crippen LogP contribution in [0.1, 0.15) is 31.2 Å². The zero-order chi connectivity index (χ0) is 15.1. The van der Waals surface area contributed by atoms with Crippen molar-refractivity contribution in [2.75, 3.05) is 11.5 Å². The smallest absolute Gasteiger partial charge is 0.230 e. The predicted octanol–water partition coefficient (Wildman–Crippen LogP) is 2.07. The van der Waals surface area contributed by atoms with Crippen LogP contribution < -0.4 is 5.32 Å². The first-order chi connectivity index (χ1) is 9.91. The minimum Gasteiger partial charge on any atom is -0.352 e. The summed E-state index contributed by atoms with van der Waals surface area (Å²) in [4.78, 5) is 12.7. The summed E-state index contributed by atoms with van der Waals surface area (Å²) < 4.78 is 23.0. The number of hydrogen-bond donors (Lipinski definition) is 1. The van der Waals surface area contributed by atoms with Gasteiger partial charge >= 0.3 is 0 Å². The van der Waals surface area contributed by atoms with E-state index in [4.69, 9.17) is 11.6 Å². The highest BCUT2D eigenvalue weighted by Gasteiger charge is 2.46. The van der Waals surface area contributed by atoms with Gasteiger partial charge in [0.15, 0.2) is 9.84 Å². The fourth-order valence-corrected chi connectivity index (χ4v) is 5.06. The number of carbonyl (C=O) groups excluding carboxylic acids is 1. The molecule has 1 saturated carbocycles. The monoisotopic (exact) mass is 327 g/mol. The van der Waals surface area contributed by atoms with Gasteiger partial charge in [0.05, 0.1) is 16.9 Å². The standard InChI is InChI=1S/C15H18ClNO3S/c16-12-4-1-3-11(9-12)15(6-2-7-15)14(18)17-13-5-8-21(19,20)10-13/h1,3-4,9,13H,2,5-8,10H2,(H,17,18)/t13-/m1/s1. The molecular formula is C15H18ClNO3S. The molecule has 1 aromatic rings. The second-order valence-electron chi connectivity index (χ2n) is 6.02. The van der Waals surface area contributed by atoms with Crippen LogP contribution in [-0.2, 0) is 20.0 Å². The number of benzene rings is 1. The minimum atomic E-state index is -2.98. The molecule has 1 aromatic carbocycles. The van der Waals surface area contributed by atoms with Gasteiger partial charge < -0.3 is 5.32 Å². The van der Waals surface area contributed by atoms with Crippen LogP contribution >= 0.6 is 11.6 Å². The molecule has 1 atom stereocenters. The molecule has 0 unspecified atom stereocenters. The summed E-state index contributed by atoms with van der Waals surface area (Å²) >= 11 is 6.03. The van der Waals surface area contributed by atoms with E-state index in [1.807, 2.05) is 18.2 Å². The van der Waals surface area contributed by atoms with Crippen LogP contribution in [0.25, 0.3) is 0 Å². The average molecular weight is 328 g/mol. The maximum absolute atomic E-state index is 12.7. The Morgan fingerprint density at radius 1 is 1.33 bits per heavy atom. The van der Waals surface area contributed by atoms with Crippen LogP contribution in [0, 0.1) is 0 Å². The van der Waals surface area contributed by atoms with Crippen molar-refractivity contribution in [3.05, 3.63) is 34.9 Å². The molecule has 0 aromatic heterocycles. The fourth-order valence-electron chi connectivity index (χ4n) is 3.20. The van der Waals surface area contributed by atoms with Crippen molar-refractivity contribution < 1.29 is 13.2 Å². The van der Waals surface area contributed by atoms with Crippen LogP contribution in [0.5, 0.6) is 0 Å². The van der Waals surface area contributed by atoms with Gasteiger partial charge in [-0.2, -0.15) is 0 Å². The van der Waals surface area contributed by atoms with Crippen LogP contribution in [0.2, 0.25) is 5.02 Å². The van der Waals surface area contributed by atoms with Gasteiger partial charge in [-0.3, -0.25) is 4.79 Å². The van der Waals surface area contributed by atoms with E-state index in [9.17, 15) is 13.2 Å². The lowest BCUT2D eigenvalue weighted by Gasteiger charge is -2.41. The summed E-state index contributed by atoms with van der Waals surface area (Å²) in [7, 11) is -2.98. The molecule has 1 N–H and O–H groups in total. The lowest BCUT2D eigenvalue weighted by atomic mass is 9.63. The van der Waals surface area contributed by atoms with Gasteiger partial charge in [0, 0.05) is 11.1 Å². The van der Waals surface area contributed by atoms with E-state index in [-0.39, 0.29) is 23.5 Å². The molecule has 21 heavy (non-hydrogen) atoms. The summed E-state index contributed by atoms with van der Waals surface area (Å²) in [5.74, 6) is 0.171. The zero-order valence-corrected chi connectivity index (χ0v) is 13.2. The summed E-state index contributed by atoms with van der Waals surface area (Å²) in [5.41, 5.74) is 0.400. The average Bonchev–Trinajstić information content (AvgIpc) is 2.67. The topological polar surface area (TPSA) is 63.2 Å². The highest BCUT2D eigenvalue weighted by molar-refractivity contribution is 7.91. The summed E-state index contributed by atoms with van der Waals surface area (Å²) in [6.45, 7) is 0. The number of amides is 1. The molecule has 0 bridgehead atoms. The van der Waals surface area contributed by atoms with E-state index in [1.54, 1.807) is 6.07 Å². The van der Waals surface area contributed by atoms with Gasteiger partial charge in [0.1, 0.15) is 0 Å². The van der Waals surface area contributed by atoms with Crippen LogP contribution in [0.4, 0.5) is 0 Å². The number of carbonyl (C=O) groups is 1. The Kier molecular flexibility index (Phi) is 3.74. The number of halogens is 1. The summed E-state index contributed by atoms with van der Waals surface area (Å²) in [6.07, 6.45) is 3.10. The molecule has 1 aliphatic carbocycles. The molecule has 3 rings (SSSR count). The zero-order valence-electron chi connectivity index (χ0n) is 11.6. The molecule has 0 radical (unpaired) electrons. The Morgan fingerprint density at radius 2 is 2.10 bits per heavy atom. The number of rotatable bonds is 3. The van der Waals surface area contributed by atoms with E-state index < -0.39 is 15.3 Å². The number of sulfone groups is 1. The van der Waals surface area contributed by atoms with Crippen molar-refractivity contribution >= 4 is 27.3 Å². The lowest BCUT2D eigenvalue weighted by Crippen LogP contribution is -2.52. The third kappa shape index (κ3) is 2.81. The predicted molar refractivity (Wildman–Crippen MR) is 82.2 cm³/mol. The third-order valence-corrected chi connectivity index (χ3v) is 6.59. The highest BCUT2D eigenvalue weighted by Crippen LogP contribution is 2.44. The molecule has 0 spiro atoms. The van der Waals surface area contributed by atoms with E-state index in [2.05, 4.69) is 5.32 Å². The highest BCUT2D eigenvalue weighted by atomic mass is 35.5. The maximum atomic E-state index is 12.7. The van der Waals surface area contributed by atoms with Crippen molar-refractivity contribution in [1.82, 2.24) is 5.32 Å². The van der Waals surface area contributed by atoms with Crippen molar-refractivity contribution in [1.29, 1.82) is 0 Å². The van der Waals surface area contributed by atoms with Crippen LogP contribution in [-0.4, -0.2) is 31.9 Å². The van der Waals surface area contributed by atoms with Crippen LogP contribution in [0.15, 0.2) is 24.3 Å². The van der Waals surface area contributed by atoms with Crippen molar-refractivity contribution in [3.8, 4) is 0 Å². The molecule has 1 heterocycles. The first-order valence-corrected chi connectivity index (χ1v) is 9.39. The van der Waals surface area contributed by atoms with Gasteiger partial charge in [-0.05, 0) is 37.0 Å². The lowest BCUT2D eigenvalue weighted by molar-refractivity contribution is -0.130. The molecule has 114 valence electrons. The molecular weight excluding hydrogens is 310 g/mol. The van der Waals surface area contributed by atoms with Crippen LogP contribution in [0.3, 0.4) is 0 Å². The van der Waals surface area contributed by atoms with Gasteiger partial charge in [0.2, 0.25) is 5.91 Å². The number of hydrogen-bond acceptors (Lipinski definition) is 3. The SMILES string of the molecule is O=C(N[C@@H]1CCS(=O)(=O)C1)C1(c2cccc(Cl)c2)CCC1. The Hall–Kier alpha value is -1.07. The molecule has 1 amide bonds. The van der Waals surface area contributed by atoms with Crippen molar-refractivity contribution in [2.24, 2.45) is 0 Å². The summed E-state index contributed by atoms with van der Waals surface area (Å²) in [6, 6.07) is 7.16. The van der Waals surface area contributed by atoms with Gasteiger partial charge in [0.25, 0.3) is 0 Å². The summed E-state index contributed by atoms with van der Waals surface area (Å²) in [5, 5.41) is 3.55. The van der Waals surface area contributed by atoms with E-state index in [0.717, 1.165) is 24.8 Å². The third-order valence-electron chi connectivity index (χ3n) is 4.59. The van der Waals surface area contributed by atoms with Gasteiger partial charge in [-0.1, -0.05) is 30.2 Å². The van der Waals surface area contributed by atoms with E-state index in [0.29, 0.717) is 11.4 Å². The molecule has 6 heteroatoms. The molecule has 1 saturated heterocycles. The quantitative estimate of drug-likeness (QED) is 0.924. The maximum Gasteiger partial charge on any atom is 0.230 e. The molecule has 2 aliphatic rings. The Morgan fingerprint density at radius 3 is 2.62 bits per heavy atom. The first kappa shape index (κ1) is 14.9. The molecule has 2 fully saturated rings. The Bertz CT molecular complexity index is 667.